The van der Waals surface area contributed by atoms with Crippen molar-refractivity contribution in [3.63, 3.8) is 0 Å². The maximum atomic E-state index is 4.48. The van der Waals surface area contributed by atoms with E-state index >= 15 is 0 Å². The Morgan fingerprint density at radius 3 is 2.92 bits per heavy atom. The van der Waals surface area contributed by atoms with Crippen molar-refractivity contribution in [3.8, 4) is 0 Å². The van der Waals surface area contributed by atoms with Gasteiger partial charge in [-0.3, -0.25) is 15.8 Å². The molecule has 1 aromatic carbocycles. The van der Waals surface area contributed by atoms with E-state index in [1.54, 1.807) is 0 Å². The van der Waals surface area contributed by atoms with Gasteiger partial charge in [0.1, 0.15) is 5.82 Å². The average Bonchev–Trinajstić information content (AvgIpc) is 3.20. The molecule has 5 nitrogen and oxygen atoms in total. The lowest BCUT2D eigenvalue weighted by Gasteiger charge is -2.35. The highest BCUT2D eigenvalue weighted by atomic mass is 32.2. The SMILES string of the molecule is Cn1ccnc1CN1CCC2NNC(CSc3ccccc3)C2C1. The molecular formula is C18H25N5S. The third-order valence-corrected chi connectivity index (χ3v) is 6.30. The molecule has 0 aliphatic carbocycles. The van der Waals surface area contributed by atoms with Gasteiger partial charge < -0.3 is 4.57 Å². The minimum atomic E-state index is 0.518. The fourth-order valence-electron chi connectivity index (χ4n) is 3.72. The molecule has 0 radical (unpaired) electrons. The van der Waals surface area contributed by atoms with Gasteiger partial charge in [-0.25, -0.2) is 4.98 Å². The second kappa shape index (κ2) is 7.27. The van der Waals surface area contributed by atoms with Crippen LogP contribution < -0.4 is 10.9 Å². The molecule has 6 heteroatoms. The van der Waals surface area contributed by atoms with Crippen LogP contribution in [0.3, 0.4) is 0 Å². The molecule has 2 aliphatic rings. The normalized spacial score (nSPS) is 27.3. The number of benzene rings is 1. The summed E-state index contributed by atoms with van der Waals surface area (Å²) >= 11 is 1.94. The molecule has 128 valence electrons. The summed E-state index contributed by atoms with van der Waals surface area (Å²) in [5.41, 5.74) is 7.07. The van der Waals surface area contributed by atoms with Crippen molar-refractivity contribution in [2.24, 2.45) is 13.0 Å². The Labute approximate surface area is 147 Å². The van der Waals surface area contributed by atoms with Crippen molar-refractivity contribution in [1.82, 2.24) is 25.3 Å². The van der Waals surface area contributed by atoms with Crippen molar-refractivity contribution in [1.29, 1.82) is 0 Å². The average molecular weight is 344 g/mol. The van der Waals surface area contributed by atoms with Gasteiger partial charge in [-0.2, -0.15) is 0 Å². The Bertz CT molecular complexity index is 658. The van der Waals surface area contributed by atoms with Gasteiger partial charge in [0.15, 0.2) is 0 Å². The van der Waals surface area contributed by atoms with Crippen LogP contribution in [0.4, 0.5) is 0 Å². The van der Waals surface area contributed by atoms with Crippen LogP contribution in [0.15, 0.2) is 47.6 Å². The Hall–Kier alpha value is -1.34. The van der Waals surface area contributed by atoms with Gasteiger partial charge in [0.2, 0.25) is 0 Å². The molecule has 0 amide bonds. The van der Waals surface area contributed by atoms with Gasteiger partial charge in [-0.1, -0.05) is 18.2 Å². The molecule has 3 heterocycles. The highest BCUT2D eigenvalue weighted by Crippen LogP contribution is 2.29. The Kier molecular flexibility index (Phi) is 4.89. The van der Waals surface area contributed by atoms with Gasteiger partial charge in [-0.15, -0.1) is 11.8 Å². The number of aryl methyl sites for hydroxylation is 1. The van der Waals surface area contributed by atoms with Gasteiger partial charge in [0.25, 0.3) is 0 Å². The second-order valence-electron chi connectivity index (χ2n) is 6.77. The summed E-state index contributed by atoms with van der Waals surface area (Å²) in [5, 5.41) is 0. The molecule has 0 bridgehead atoms. The molecule has 2 fully saturated rings. The zero-order chi connectivity index (χ0) is 16.4. The number of hydrogen-bond acceptors (Lipinski definition) is 5. The first-order valence-corrected chi connectivity index (χ1v) is 9.65. The number of aromatic nitrogens is 2. The standard InChI is InChI=1S/C18H25N5S/c1-22-10-8-19-18(22)12-23-9-7-16-15(11-23)17(21-20-16)13-24-14-5-3-2-4-6-14/h2-6,8,10,15-17,20-21H,7,9,11-13H2,1H3. The lowest BCUT2D eigenvalue weighted by Crippen LogP contribution is -2.46. The zero-order valence-electron chi connectivity index (χ0n) is 14.1. The molecule has 3 atom stereocenters. The number of piperidine rings is 1. The molecule has 2 N–H and O–H groups in total. The van der Waals surface area contributed by atoms with Crippen LogP contribution in [-0.4, -0.2) is 45.4 Å². The van der Waals surface area contributed by atoms with Crippen molar-refractivity contribution in [2.75, 3.05) is 18.8 Å². The molecule has 2 aromatic rings. The van der Waals surface area contributed by atoms with Crippen molar-refractivity contribution in [2.45, 2.75) is 29.9 Å². The third-order valence-electron chi connectivity index (χ3n) is 5.17. The van der Waals surface area contributed by atoms with Gasteiger partial charge in [0, 0.05) is 61.2 Å². The monoisotopic (exact) mass is 343 g/mol. The maximum absolute atomic E-state index is 4.48. The number of rotatable bonds is 5. The van der Waals surface area contributed by atoms with Gasteiger partial charge in [0.05, 0.1) is 6.54 Å². The number of thioether (sulfide) groups is 1. The molecular weight excluding hydrogens is 318 g/mol. The molecule has 24 heavy (non-hydrogen) atoms. The minimum Gasteiger partial charge on any atom is -0.337 e. The van der Waals surface area contributed by atoms with E-state index in [1.165, 1.54) is 11.3 Å². The van der Waals surface area contributed by atoms with Crippen LogP contribution in [-0.2, 0) is 13.6 Å². The van der Waals surface area contributed by atoms with Gasteiger partial charge in [-0.05, 0) is 18.6 Å². The van der Waals surface area contributed by atoms with Crippen molar-refractivity contribution in [3.05, 3.63) is 48.5 Å². The Morgan fingerprint density at radius 2 is 2.12 bits per heavy atom. The molecule has 3 unspecified atom stereocenters. The number of hydrogen-bond donors (Lipinski definition) is 2. The van der Waals surface area contributed by atoms with E-state index in [4.69, 9.17) is 0 Å². The Balaban J connectivity index is 1.35. The Morgan fingerprint density at radius 1 is 1.25 bits per heavy atom. The summed E-state index contributed by atoms with van der Waals surface area (Å²) in [6, 6.07) is 11.8. The minimum absolute atomic E-state index is 0.518. The predicted molar refractivity (Wildman–Crippen MR) is 97.6 cm³/mol. The summed E-state index contributed by atoms with van der Waals surface area (Å²) in [6.45, 7) is 3.23. The zero-order valence-corrected chi connectivity index (χ0v) is 14.9. The number of fused-ring (bicyclic) bond motifs is 1. The first kappa shape index (κ1) is 16.1. The van der Waals surface area contributed by atoms with E-state index in [0.717, 1.165) is 31.2 Å². The van der Waals surface area contributed by atoms with Crippen molar-refractivity contribution >= 4 is 11.8 Å². The first-order valence-electron chi connectivity index (χ1n) is 8.67. The van der Waals surface area contributed by atoms with E-state index in [2.05, 4.69) is 62.7 Å². The number of likely N-dealkylation sites (tertiary alicyclic amines) is 1. The van der Waals surface area contributed by atoms with Gasteiger partial charge >= 0.3 is 0 Å². The summed E-state index contributed by atoms with van der Waals surface area (Å²) in [7, 11) is 2.08. The highest BCUT2D eigenvalue weighted by Gasteiger charge is 2.39. The molecule has 2 aliphatic heterocycles. The van der Waals surface area contributed by atoms with Crippen LogP contribution >= 0.6 is 11.8 Å². The fraction of sp³-hybridized carbons (Fsp3) is 0.500. The number of hydrazine groups is 1. The molecule has 1 aromatic heterocycles. The van der Waals surface area contributed by atoms with E-state index < -0.39 is 0 Å². The smallest absolute Gasteiger partial charge is 0.122 e. The second-order valence-corrected chi connectivity index (χ2v) is 7.86. The molecule has 0 spiro atoms. The topological polar surface area (TPSA) is 45.1 Å². The summed E-state index contributed by atoms with van der Waals surface area (Å²) in [4.78, 5) is 8.38. The van der Waals surface area contributed by atoms with Crippen LogP contribution in [0.5, 0.6) is 0 Å². The lowest BCUT2D eigenvalue weighted by molar-refractivity contribution is 0.147. The predicted octanol–water partition coefficient (Wildman–Crippen LogP) is 1.88. The van der Waals surface area contributed by atoms with Crippen LogP contribution in [0, 0.1) is 5.92 Å². The van der Waals surface area contributed by atoms with E-state index in [-0.39, 0.29) is 0 Å². The highest BCUT2D eigenvalue weighted by molar-refractivity contribution is 7.99. The first-order chi connectivity index (χ1) is 11.8. The number of nitrogens with one attached hydrogen (secondary N) is 2. The van der Waals surface area contributed by atoms with E-state index in [1.807, 2.05) is 24.2 Å². The summed E-state index contributed by atoms with van der Waals surface area (Å²) in [5.74, 6) is 2.92. The number of nitrogens with zero attached hydrogens (tertiary/aromatic N) is 3. The van der Waals surface area contributed by atoms with Crippen molar-refractivity contribution < 1.29 is 0 Å². The fourth-order valence-corrected chi connectivity index (χ4v) is 4.77. The summed E-state index contributed by atoms with van der Waals surface area (Å²) in [6.07, 6.45) is 5.12. The third kappa shape index (κ3) is 3.52. The van der Waals surface area contributed by atoms with E-state index in [9.17, 15) is 0 Å². The van der Waals surface area contributed by atoms with Crippen LogP contribution in [0.25, 0.3) is 0 Å². The van der Waals surface area contributed by atoms with Crippen LogP contribution in [0.1, 0.15) is 12.2 Å². The largest absolute Gasteiger partial charge is 0.337 e. The van der Waals surface area contributed by atoms with Crippen LogP contribution in [0.2, 0.25) is 0 Å². The molecule has 0 saturated carbocycles. The lowest BCUT2D eigenvalue weighted by atomic mass is 9.89. The molecule has 4 rings (SSSR count). The van der Waals surface area contributed by atoms with E-state index in [0.29, 0.717) is 18.0 Å². The quantitative estimate of drug-likeness (QED) is 0.812. The maximum Gasteiger partial charge on any atom is 0.122 e. The molecule has 2 saturated heterocycles. The summed E-state index contributed by atoms with van der Waals surface area (Å²) < 4.78 is 2.12. The number of imidazole rings is 1.